The van der Waals surface area contributed by atoms with E-state index in [2.05, 4.69) is 0 Å². The van der Waals surface area contributed by atoms with Crippen LogP contribution in [-0.2, 0) is 9.53 Å². The number of carbonyl (C=O) groups is 2. The highest BCUT2D eigenvalue weighted by Gasteiger charge is 2.42. The Balaban J connectivity index is 1.82. The first-order valence-corrected chi connectivity index (χ1v) is 9.79. The van der Waals surface area contributed by atoms with Crippen LogP contribution in [-0.4, -0.2) is 43.6 Å². The lowest BCUT2D eigenvalue weighted by molar-refractivity contribution is -0.119. The first kappa shape index (κ1) is 20.6. The second-order valence-electron chi connectivity index (χ2n) is 7.39. The van der Waals surface area contributed by atoms with E-state index in [4.69, 9.17) is 19.6 Å². The second kappa shape index (κ2) is 8.23. The number of benzene rings is 2. The van der Waals surface area contributed by atoms with Crippen molar-refractivity contribution in [2.45, 2.75) is 13.0 Å². The van der Waals surface area contributed by atoms with Gasteiger partial charge in [-0.1, -0.05) is 23.8 Å². The van der Waals surface area contributed by atoms with Crippen molar-refractivity contribution in [2.24, 2.45) is 5.73 Å². The number of hydrogen-bond acceptors (Lipinski definition) is 6. The number of hydrogen-bond donors (Lipinski definition) is 1. The molecule has 0 saturated carbocycles. The molecule has 2 amide bonds. The van der Waals surface area contributed by atoms with Gasteiger partial charge in [0.25, 0.3) is 11.8 Å². The Labute approximate surface area is 178 Å². The Morgan fingerprint density at radius 2 is 1.90 bits per heavy atom. The third-order valence-electron chi connectivity index (χ3n) is 5.23. The van der Waals surface area contributed by atoms with E-state index in [0.717, 1.165) is 5.56 Å². The molecule has 8 heteroatoms. The Hall–Kier alpha value is -3.65. The minimum Gasteiger partial charge on any atom is -0.484 e. The predicted molar refractivity (Wildman–Crippen MR) is 113 cm³/mol. The van der Waals surface area contributed by atoms with E-state index in [1.807, 2.05) is 13.0 Å². The maximum Gasteiger partial charge on any atom is 0.290 e. The molecule has 1 aliphatic rings. The molecule has 0 saturated heterocycles. The molecule has 2 aromatic carbocycles. The minimum atomic E-state index is -0.621. The normalized spacial score (nSPS) is 15.4. The number of ether oxygens (including phenoxy) is 2. The fourth-order valence-corrected chi connectivity index (χ4v) is 3.80. The van der Waals surface area contributed by atoms with Crippen molar-refractivity contribution in [3.8, 4) is 5.75 Å². The number of fused-ring (bicyclic) bond motifs is 2. The first-order valence-electron chi connectivity index (χ1n) is 9.79. The highest BCUT2D eigenvalue weighted by Crippen LogP contribution is 2.38. The van der Waals surface area contributed by atoms with E-state index in [1.54, 1.807) is 48.4 Å². The topological polar surface area (TPSA) is 112 Å². The summed E-state index contributed by atoms with van der Waals surface area (Å²) >= 11 is 0. The zero-order valence-corrected chi connectivity index (χ0v) is 17.2. The van der Waals surface area contributed by atoms with E-state index in [-0.39, 0.29) is 23.7 Å². The van der Waals surface area contributed by atoms with Gasteiger partial charge in [-0.05, 0) is 36.8 Å². The van der Waals surface area contributed by atoms with Crippen molar-refractivity contribution in [1.82, 2.24) is 4.90 Å². The van der Waals surface area contributed by atoms with Crippen LogP contribution in [0.25, 0.3) is 11.0 Å². The number of nitrogens with two attached hydrogens (primary N) is 1. The van der Waals surface area contributed by atoms with Crippen LogP contribution in [0.2, 0.25) is 0 Å². The number of carbonyl (C=O) groups excluding carboxylic acids is 2. The van der Waals surface area contributed by atoms with Gasteiger partial charge in [0.1, 0.15) is 11.3 Å². The lowest BCUT2D eigenvalue weighted by Gasteiger charge is -2.25. The van der Waals surface area contributed by atoms with Crippen LogP contribution in [0.1, 0.15) is 33.3 Å². The van der Waals surface area contributed by atoms with Gasteiger partial charge >= 0.3 is 0 Å². The predicted octanol–water partition coefficient (Wildman–Crippen LogP) is 2.16. The molecular weight excluding hydrogens is 400 g/mol. The molecular formula is C23H22N2O6. The Morgan fingerprint density at radius 3 is 2.58 bits per heavy atom. The fraction of sp³-hybridized carbons (Fsp3) is 0.261. The summed E-state index contributed by atoms with van der Waals surface area (Å²) in [5, 5.41) is 0.437. The molecule has 0 spiro atoms. The molecule has 2 N–H and O–H groups in total. The number of methoxy groups -OCH3 is 1. The van der Waals surface area contributed by atoms with Crippen molar-refractivity contribution in [2.75, 3.05) is 26.9 Å². The van der Waals surface area contributed by atoms with Crippen LogP contribution >= 0.6 is 0 Å². The quantitative estimate of drug-likeness (QED) is 0.624. The molecule has 160 valence electrons. The zero-order valence-electron chi connectivity index (χ0n) is 17.2. The maximum atomic E-state index is 13.4. The summed E-state index contributed by atoms with van der Waals surface area (Å²) in [6, 6.07) is 11.5. The van der Waals surface area contributed by atoms with Gasteiger partial charge in [0.05, 0.1) is 23.6 Å². The van der Waals surface area contributed by atoms with Crippen molar-refractivity contribution in [3.05, 3.63) is 75.1 Å². The molecule has 0 aliphatic carbocycles. The standard InChI is InChI=1S/C23H22N2O6/c1-13-3-8-17-16(11-13)21(27)19-20(25(9-10-29-2)23(28)22(19)31-17)14-4-6-15(7-5-14)30-12-18(24)26/h3-8,11,20H,9-10,12H2,1-2H3,(H2,24,26)/t20-/m0/s1. The summed E-state index contributed by atoms with van der Waals surface area (Å²) in [4.78, 5) is 39.1. The second-order valence-corrected chi connectivity index (χ2v) is 7.39. The Morgan fingerprint density at radius 1 is 1.16 bits per heavy atom. The fourth-order valence-electron chi connectivity index (χ4n) is 3.80. The Kier molecular flexibility index (Phi) is 5.48. The smallest absolute Gasteiger partial charge is 0.290 e. The molecule has 2 heterocycles. The summed E-state index contributed by atoms with van der Waals surface area (Å²) in [5.41, 5.74) is 7.21. The van der Waals surface area contributed by atoms with Crippen molar-refractivity contribution in [3.63, 3.8) is 0 Å². The monoisotopic (exact) mass is 422 g/mol. The molecule has 1 atom stereocenters. The lowest BCUT2D eigenvalue weighted by Crippen LogP contribution is -2.32. The van der Waals surface area contributed by atoms with Crippen molar-refractivity contribution < 1.29 is 23.5 Å². The third-order valence-corrected chi connectivity index (χ3v) is 5.23. The molecule has 31 heavy (non-hydrogen) atoms. The van der Waals surface area contributed by atoms with Gasteiger partial charge in [-0.25, -0.2) is 0 Å². The van der Waals surface area contributed by atoms with Gasteiger partial charge in [-0.15, -0.1) is 0 Å². The third kappa shape index (κ3) is 3.77. The van der Waals surface area contributed by atoms with Gasteiger partial charge in [0.2, 0.25) is 5.76 Å². The van der Waals surface area contributed by atoms with E-state index >= 15 is 0 Å². The highest BCUT2D eigenvalue weighted by atomic mass is 16.5. The highest BCUT2D eigenvalue weighted by molar-refractivity contribution is 5.99. The van der Waals surface area contributed by atoms with Crippen molar-refractivity contribution >= 4 is 22.8 Å². The number of nitrogens with zero attached hydrogens (tertiary/aromatic N) is 1. The average molecular weight is 422 g/mol. The van der Waals surface area contributed by atoms with Crippen LogP contribution in [0.15, 0.2) is 51.7 Å². The number of amides is 2. The van der Waals surface area contributed by atoms with Gasteiger partial charge in [0.15, 0.2) is 12.0 Å². The average Bonchev–Trinajstić information content (AvgIpc) is 3.03. The molecule has 0 radical (unpaired) electrons. The van der Waals surface area contributed by atoms with E-state index in [1.165, 1.54) is 0 Å². The summed E-state index contributed by atoms with van der Waals surface area (Å²) < 4.78 is 16.4. The SMILES string of the molecule is COCCN1C(=O)c2oc3ccc(C)cc3c(=O)c2[C@@H]1c1ccc(OCC(N)=O)cc1. The molecule has 8 nitrogen and oxygen atoms in total. The van der Waals surface area contributed by atoms with Crippen molar-refractivity contribution in [1.29, 1.82) is 0 Å². The van der Waals surface area contributed by atoms with Gasteiger partial charge in [-0.2, -0.15) is 0 Å². The summed E-state index contributed by atoms with van der Waals surface area (Å²) in [5.74, 6) is -0.427. The first-order chi connectivity index (χ1) is 14.9. The summed E-state index contributed by atoms with van der Waals surface area (Å²) in [6.07, 6.45) is 0. The summed E-state index contributed by atoms with van der Waals surface area (Å²) in [7, 11) is 1.55. The van der Waals surface area contributed by atoms with Crippen LogP contribution in [0.3, 0.4) is 0 Å². The Bertz CT molecular complexity index is 1220. The largest absolute Gasteiger partial charge is 0.484 e. The van der Waals surface area contributed by atoms with Gasteiger partial charge in [-0.3, -0.25) is 14.4 Å². The number of primary amides is 1. The van der Waals surface area contributed by atoms with Gasteiger partial charge < -0.3 is 24.5 Å². The van der Waals surface area contributed by atoms with E-state index in [0.29, 0.717) is 41.0 Å². The van der Waals surface area contributed by atoms with Gasteiger partial charge in [0, 0.05) is 13.7 Å². The molecule has 3 aromatic rings. The summed E-state index contributed by atoms with van der Waals surface area (Å²) in [6.45, 7) is 2.26. The number of aryl methyl sites for hydroxylation is 1. The molecule has 1 aromatic heterocycles. The van der Waals surface area contributed by atoms with Crippen LogP contribution in [0.4, 0.5) is 0 Å². The molecule has 0 unspecified atom stereocenters. The molecule has 0 bridgehead atoms. The molecule has 4 rings (SSSR count). The molecule has 1 aliphatic heterocycles. The van der Waals surface area contributed by atoms with Crippen LogP contribution < -0.4 is 15.9 Å². The zero-order chi connectivity index (χ0) is 22.1. The van der Waals surface area contributed by atoms with Crippen LogP contribution in [0, 0.1) is 6.92 Å². The minimum absolute atomic E-state index is 0.0523. The molecule has 0 fully saturated rings. The number of rotatable bonds is 7. The van der Waals surface area contributed by atoms with E-state index < -0.39 is 11.9 Å². The van der Waals surface area contributed by atoms with E-state index in [9.17, 15) is 14.4 Å². The maximum absolute atomic E-state index is 13.4. The lowest BCUT2D eigenvalue weighted by atomic mass is 9.98. The van der Waals surface area contributed by atoms with Crippen LogP contribution in [0.5, 0.6) is 5.75 Å².